The molecule has 3 nitrogen and oxygen atoms in total. The first kappa shape index (κ1) is 9.49. The quantitative estimate of drug-likeness (QED) is 0.773. The van der Waals surface area contributed by atoms with Crippen molar-refractivity contribution in [3.8, 4) is 5.75 Å². The lowest BCUT2D eigenvalue weighted by atomic mass is 10.2. The molecule has 1 aliphatic rings. The maximum Gasteiger partial charge on any atom is 0.120 e. The van der Waals surface area contributed by atoms with E-state index in [4.69, 9.17) is 4.74 Å². The third-order valence-corrected chi connectivity index (χ3v) is 2.44. The molecule has 0 unspecified atom stereocenters. The maximum absolute atomic E-state index is 9.57. The summed E-state index contributed by atoms with van der Waals surface area (Å²) in [5.41, 5.74) is 0.963. The van der Waals surface area contributed by atoms with Gasteiger partial charge in [-0.05, 0) is 13.0 Å². The molecule has 0 bridgehead atoms. The van der Waals surface area contributed by atoms with Gasteiger partial charge in [-0.15, -0.1) is 0 Å². The molecule has 76 valence electrons. The van der Waals surface area contributed by atoms with Crippen LogP contribution < -0.4 is 0 Å². The van der Waals surface area contributed by atoms with Crippen molar-refractivity contribution in [3.63, 3.8) is 0 Å². The van der Waals surface area contributed by atoms with Crippen LogP contribution in [0.5, 0.6) is 5.75 Å². The van der Waals surface area contributed by atoms with Crippen molar-refractivity contribution < 1.29 is 9.84 Å². The standard InChI is InChI=1S/C11H15NO2/c1-9-6-12(8-14-9)7-10-4-2-3-5-11(10)13/h2-5,9,13H,6-8H2,1H3/t9-/m1/s1. The van der Waals surface area contributed by atoms with Crippen LogP contribution in [-0.4, -0.2) is 29.4 Å². The second-order valence-electron chi connectivity index (χ2n) is 3.75. The number of hydrogen-bond donors (Lipinski definition) is 1. The summed E-state index contributed by atoms with van der Waals surface area (Å²) in [4.78, 5) is 2.18. The summed E-state index contributed by atoms with van der Waals surface area (Å²) in [5, 5.41) is 9.57. The predicted octanol–water partition coefficient (Wildman–Crippen LogP) is 1.57. The van der Waals surface area contributed by atoms with Crippen LogP contribution in [0, 0.1) is 0 Å². The maximum atomic E-state index is 9.57. The van der Waals surface area contributed by atoms with E-state index in [0.29, 0.717) is 18.6 Å². The van der Waals surface area contributed by atoms with Crippen LogP contribution in [0.15, 0.2) is 24.3 Å². The van der Waals surface area contributed by atoms with E-state index in [1.165, 1.54) is 0 Å². The van der Waals surface area contributed by atoms with Gasteiger partial charge in [-0.2, -0.15) is 0 Å². The predicted molar refractivity (Wildman–Crippen MR) is 53.9 cm³/mol. The second-order valence-corrected chi connectivity index (χ2v) is 3.75. The summed E-state index contributed by atoms with van der Waals surface area (Å²) in [6, 6.07) is 7.44. The molecule has 1 saturated heterocycles. The lowest BCUT2D eigenvalue weighted by Gasteiger charge is -2.13. The highest BCUT2D eigenvalue weighted by atomic mass is 16.5. The average Bonchev–Trinajstić information content (AvgIpc) is 2.56. The van der Waals surface area contributed by atoms with Gasteiger partial charge in [0.2, 0.25) is 0 Å². The van der Waals surface area contributed by atoms with Crippen molar-refractivity contribution in [1.29, 1.82) is 0 Å². The van der Waals surface area contributed by atoms with Gasteiger partial charge in [-0.25, -0.2) is 0 Å². The average molecular weight is 193 g/mol. The van der Waals surface area contributed by atoms with E-state index < -0.39 is 0 Å². The van der Waals surface area contributed by atoms with Crippen LogP contribution in [0.3, 0.4) is 0 Å². The Kier molecular flexibility index (Phi) is 2.70. The molecule has 1 fully saturated rings. The van der Waals surface area contributed by atoms with Crippen LogP contribution in [-0.2, 0) is 11.3 Å². The number of phenolic OH excluding ortho intramolecular Hbond substituents is 1. The van der Waals surface area contributed by atoms with E-state index in [-0.39, 0.29) is 0 Å². The van der Waals surface area contributed by atoms with Gasteiger partial charge in [0.1, 0.15) is 5.75 Å². The lowest BCUT2D eigenvalue weighted by Crippen LogP contribution is -2.20. The minimum Gasteiger partial charge on any atom is -0.508 e. The molecule has 0 radical (unpaired) electrons. The minimum atomic E-state index is 0.306. The molecular formula is C11H15NO2. The molecule has 0 aromatic heterocycles. The molecule has 3 heteroatoms. The van der Waals surface area contributed by atoms with Crippen molar-refractivity contribution >= 4 is 0 Å². The van der Waals surface area contributed by atoms with Crippen molar-refractivity contribution in [2.24, 2.45) is 0 Å². The molecule has 14 heavy (non-hydrogen) atoms. The number of hydrogen-bond acceptors (Lipinski definition) is 3. The third kappa shape index (κ3) is 2.05. The number of aromatic hydroxyl groups is 1. The normalized spacial score (nSPS) is 22.8. The van der Waals surface area contributed by atoms with Crippen LogP contribution in [0.1, 0.15) is 12.5 Å². The summed E-state index contributed by atoms with van der Waals surface area (Å²) in [7, 11) is 0. The Balaban J connectivity index is 2.01. The number of ether oxygens (including phenoxy) is 1. The SMILES string of the molecule is C[C@@H]1CN(Cc2ccccc2O)CO1. The van der Waals surface area contributed by atoms with Crippen LogP contribution in [0.4, 0.5) is 0 Å². The Labute approximate surface area is 83.9 Å². The van der Waals surface area contributed by atoms with E-state index in [9.17, 15) is 5.11 Å². The van der Waals surface area contributed by atoms with Gasteiger partial charge in [0.25, 0.3) is 0 Å². The molecule has 1 aromatic carbocycles. The number of rotatable bonds is 2. The van der Waals surface area contributed by atoms with Gasteiger partial charge >= 0.3 is 0 Å². The molecule has 0 spiro atoms. The van der Waals surface area contributed by atoms with E-state index in [1.807, 2.05) is 18.2 Å². The van der Waals surface area contributed by atoms with Gasteiger partial charge in [0.05, 0.1) is 12.8 Å². The highest BCUT2D eigenvalue weighted by molar-refractivity contribution is 5.31. The molecule has 0 saturated carbocycles. The Morgan fingerprint density at radius 1 is 1.50 bits per heavy atom. The Morgan fingerprint density at radius 2 is 2.29 bits per heavy atom. The Hall–Kier alpha value is -1.06. The van der Waals surface area contributed by atoms with E-state index in [0.717, 1.165) is 18.7 Å². The van der Waals surface area contributed by atoms with Gasteiger partial charge in [-0.1, -0.05) is 18.2 Å². The summed E-state index contributed by atoms with van der Waals surface area (Å²) in [6.45, 7) is 4.42. The van der Waals surface area contributed by atoms with Crippen molar-refractivity contribution in [3.05, 3.63) is 29.8 Å². The summed E-state index contributed by atoms with van der Waals surface area (Å²) in [6.07, 6.45) is 0.306. The van der Waals surface area contributed by atoms with Crippen LogP contribution in [0.25, 0.3) is 0 Å². The smallest absolute Gasteiger partial charge is 0.120 e. The first-order valence-electron chi connectivity index (χ1n) is 4.86. The molecule has 2 rings (SSSR count). The molecule has 1 heterocycles. The summed E-state index contributed by atoms with van der Waals surface area (Å²) in [5.74, 6) is 0.368. The topological polar surface area (TPSA) is 32.7 Å². The molecule has 1 N–H and O–H groups in total. The summed E-state index contributed by atoms with van der Waals surface area (Å²) >= 11 is 0. The van der Waals surface area contributed by atoms with Gasteiger partial charge in [-0.3, -0.25) is 4.90 Å². The zero-order valence-electron chi connectivity index (χ0n) is 8.31. The number of benzene rings is 1. The fourth-order valence-corrected chi connectivity index (χ4v) is 1.70. The third-order valence-electron chi connectivity index (χ3n) is 2.44. The zero-order chi connectivity index (χ0) is 9.97. The Morgan fingerprint density at radius 3 is 2.93 bits per heavy atom. The fraction of sp³-hybridized carbons (Fsp3) is 0.455. The monoisotopic (exact) mass is 193 g/mol. The molecule has 1 aliphatic heterocycles. The first-order chi connectivity index (χ1) is 6.75. The van der Waals surface area contributed by atoms with Crippen LogP contribution >= 0.6 is 0 Å². The molecule has 1 atom stereocenters. The van der Waals surface area contributed by atoms with Gasteiger partial charge < -0.3 is 9.84 Å². The number of nitrogens with zero attached hydrogens (tertiary/aromatic N) is 1. The van der Waals surface area contributed by atoms with Gasteiger partial charge in [0, 0.05) is 18.7 Å². The highest BCUT2D eigenvalue weighted by Crippen LogP contribution is 2.19. The molecule has 0 aliphatic carbocycles. The van der Waals surface area contributed by atoms with Crippen molar-refractivity contribution in [2.45, 2.75) is 19.6 Å². The molecular weight excluding hydrogens is 178 g/mol. The van der Waals surface area contributed by atoms with E-state index >= 15 is 0 Å². The van der Waals surface area contributed by atoms with E-state index in [1.54, 1.807) is 6.07 Å². The lowest BCUT2D eigenvalue weighted by molar-refractivity contribution is 0.0969. The number of phenols is 1. The van der Waals surface area contributed by atoms with Crippen molar-refractivity contribution in [1.82, 2.24) is 4.90 Å². The highest BCUT2D eigenvalue weighted by Gasteiger charge is 2.19. The fourth-order valence-electron chi connectivity index (χ4n) is 1.70. The minimum absolute atomic E-state index is 0.306. The second kappa shape index (κ2) is 3.98. The molecule has 0 amide bonds. The number of para-hydroxylation sites is 1. The van der Waals surface area contributed by atoms with Crippen molar-refractivity contribution in [2.75, 3.05) is 13.3 Å². The zero-order valence-corrected chi connectivity index (χ0v) is 8.31. The van der Waals surface area contributed by atoms with E-state index in [2.05, 4.69) is 11.8 Å². The summed E-state index contributed by atoms with van der Waals surface area (Å²) < 4.78 is 5.42. The largest absolute Gasteiger partial charge is 0.508 e. The first-order valence-corrected chi connectivity index (χ1v) is 4.86. The van der Waals surface area contributed by atoms with Gasteiger partial charge in [0.15, 0.2) is 0 Å². The molecule has 1 aromatic rings. The van der Waals surface area contributed by atoms with Crippen LogP contribution in [0.2, 0.25) is 0 Å². The Bertz CT molecular complexity index is 314.